The largest absolute Gasteiger partial charge is 0.394 e. The van der Waals surface area contributed by atoms with E-state index in [2.05, 4.69) is 0 Å². The molecule has 1 unspecified atom stereocenters. The number of Topliss-reactive ketones (excluding diaryl/α,β-unsaturated/α-hetero) is 1. The molecule has 0 bridgehead atoms. The zero-order valence-electron chi connectivity index (χ0n) is 9.49. The van der Waals surface area contributed by atoms with Gasteiger partial charge < -0.3 is 41.5 Å². The summed E-state index contributed by atoms with van der Waals surface area (Å²) in [6.45, 7) is -1.65. The van der Waals surface area contributed by atoms with Crippen molar-refractivity contribution in [2.45, 2.75) is 36.6 Å². The molecular formula is C9H19NO8. The average molecular weight is 269 g/mol. The zero-order valence-corrected chi connectivity index (χ0v) is 9.49. The minimum absolute atomic E-state index is 0.763. The lowest BCUT2D eigenvalue weighted by Crippen LogP contribution is -2.55. The van der Waals surface area contributed by atoms with Crippen LogP contribution in [0.25, 0.3) is 0 Å². The van der Waals surface area contributed by atoms with Crippen molar-refractivity contribution in [1.82, 2.24) is 0 Å². The van der Waals surface area contributed by atoms with Crippen LogP contribution >= 0.6 is 0 Å². The van der Waals surface area contributed by atoms with E-state index in [9.17, 15) is 25.2 Å². The maximum atomic E-state index is 11.3. The first-order valence-corrected chi connectivity index (χ1v) is 5.19. The first kappa shape index (κ1) is 17.4. The highest BCUT2D eigenvalue weighted by atomic mass is 16.4. The molecule has 0 spiro atoms. The van der Waals surface area contributed by atoms with Crippen LogP contribution in [0, 0.1) is 0 Å². The van der Waals surface area contributed by atoms with Crippen LogP contribution in [-0.2, 0) is 4.79 Å². The first-order chi connectivity index (χ1) is 8.27. The Morgan fingerprint density at radius 2 is 1.39 bits per heavy atom. The van der Waals surface area contributed by atoms with Gasteiger partial charge in [0.2, 0.25) is 0 Å². The van der Waals surface area contributed by atoms with Gasteiger partial charge in [0, 0.05) is 0 Å². The van der Waals surface area contributed by atoms with Crippen LogP contribution in [0.15, 0.2) is 0 Å². The summed E-state index contributed by atoms with van der Waals surface area (Å²) in [5.41, 5.74) is 5.11. The lowest BCUT2D eigenvalue weighted by Gasteiger charge is -2.28. The number of aliphatic hydroxyl groups is 7. The minimum Gasteiger partial charge on any atom is -0.394 e. The van der Waals surface area contributed by atoms with Crippen LogP contribution in [0.2, 0.25) is 0 Å². The van der Waals surface area contributed by atoms with E-state index in [0.29, 0.717) is 0 Å². The lowest BCUT2D eigenvalue weighted by atomic mass is 9.95. The van der Waals surface area contributed by atoms with E-state index in [1.54, 1.807) is 0 Å². The van der Waals surface area contributed by atoms with Gasteiger partial charge in [-0.25, -0.2) is 0 Å². The minimum atomic E-state index is -2.14. The predicted molar refractivity (Wildman–Crippen MR) is 57.2 cm³/mol. The van der Waals surface area contributed by atoms with Crippen LogP contribution in [0.1, 0.15) is 0 Å². The number of ketones is 1. The third-order valence-corrected chi connectivity index (χ3v) is 2.46. The number of aliphatic hydroxyl groups excluding tert-OH is 7. The van der Waals surface area contributed by atoms with E-state index in [1.807, 2.05) is 0 Å². The Labute approximate surface area is 103 Å². The summed E-state index contributed by atoms with van der Waals surface area (Å²) in [7, 11) is 0. The van der Waals surface area contributed by atoms with Crippen LogP contribution in [0.4, 0.5) is 0 Å². The van der Waals surface area contributed by atoms with Gasteiger partial charge in [0.25, 0.3) is 0 Å². The molecule has 0 saturated carbocycles. The number of hydrogen-bond donors (Lipinski definition) is 8. The molecule has 9 nitrogen and oxygen atoms in total. The Hall–Kier alpha value is -0.650. The van der Waals surface area contributed by atoms with Crippen molar-refractivity contribution >= 4 is 5.78 Å². The quantitative estimate of drug-likeness (QED) is 0.213. The number of rotatable bonds is 8. The van der Waals surface area contributed by atoms with Gasteiger partial charge in [-0.1, -0.05) is 0 Å². The van der Waals surface area contributed by atoms with Crippen molar-refractivity contribution in [1.29, 1.82) is 0 Å². The van der Waals surface area contributed by atoms with Gasteiger partial charge >= 0.3 is 0 Å². The Balaban J connectivity index is 4.63. The molecule has 0 aliphatic rings. The van der Waals surface area contributed by atoms with Crippen LogP contribution in [-0.4, -0.2) is 91.3 Å². The molecule has 0 aromatic rings. The second kappa shape index (κ2) is 7.71. The number of carbonyl (C=O) groups excluding carboxylic acids is 1. The number of nitrogens with two attached hydrogens (primary N) is 1. The highest BCUT2D eigenvalue weighted by Gasteiger charge is 2.38. The standard InChI is InChI=1S/C9H19NO8/c10-3(1-11)5(14)7(16)9(18)8(17)6(15)4(13)2-12/h3-4,6-9,11-13,15-18H,1-2,10H2/t3-,4+,6+,7?,8-,9-/m0/s1. The van der Waals surface area contributed by atoms with Crippen molar-refractivity contribution in [2.24, 2.45) is 5.73 Å². The summed E-state index contributed by atoms with van der Waals surface area (Å²) >= 11 is 0. The second-order valence-corrected chi connectivity index (χ2v) is 3.86. The molecule has 9 N–H and O–H groups in total. The number of hydrogen-bond acceptors (Lipinski definition) is 9. The SMILES string of the molecule is N[C@@H](CO)C(=O)C(O)[C@H](O)[C@@H](O)[C@H](O)[C@H](O)CO. The average Bonchev–Trinajstić information content (AvgIpc) is 2.40. The molecule has 108 valence electrons. The van der Waals surface area contributed by atoms with Crippen molar-refractivity contribution < 1.29 is 40.5 Å². The maximum Gasteiger partial charge on any atom is 0.182 e. The van der Waals surface area contributed by atoms with E-state index in [0.717, 1.165) is 0 Å². The van der Waals surface area contributed by atoms with Crippen LogP contribution < -0.4 is 5.73 Å². The fourth-order valence-electron chi connectivity index (χ4n) is 1.20. The first-order valence-electron chi connectivity index (χ1n) is 5.19. The molecule has 0 aliphatic heterocycles. The van der Waals surface area contributed by atoms with E-state index in [-0.39, 0.29) is 0 Å². The molecule has 0 amide bonds. The van der Waals surface area contributed by atoms with E-state index in [1.165, 1.54) is 0 Å². The Kier molecular flexibility index (Phi) is 7.43. The van der Waals surface area contributed by atoms with Gasteiger partial charge in [-0.15, -0.1) is 0 Å². The molecule has 0 fully saturated rings. The molecular weight excluding hydrogens is 250 g/mol. The van der Waals surface area contributed by atoms with Gasteiger partial charge in [-0.3, -0.25) is 4.79 Å². The van der Waals surface area contributed by atoms with Gasteiger partial charge in [0.1, 0.15) is 30.5 Å². The van der Waals surface area contributed by atoms with Gasteiger partial charge in [0.15, 0.2) is 5.78 Å². The van der Waals surface area contributed by atoms with E-state index >= 15 is 0 Å². The summed E-state index contributed by atoms with van der Waals surface area (Å²) in [6.07, 6.45) is -10.0. The van der Waals surface area contributed by atoms with Crippen molar-refractivity contribution in [3.05, 3.63) is 0 Å². The topological polar surface area (TPSA) is 185 Å². The molecule has 0 aromatic heterocycles. The Morgan fingerprint density at radius 1 is 0.889 bits per heavy atom. The van der Waals surface area contributed by atoms with Gasteiger partial charge in [-0.2, -0.15) is 0 Å². The highest BCUT2D eigenvalue weighted by molar-refractivity contribution is 5.88. The maximum absolute atomic E-state index is 11.3. The summed E-state index contributed by atoms with van der Waals surface area (Å²) in [6, 6.07) is -1.44. The summed E-state index contributed by atoms with van der Waals surface area (Å²) < 4.78 is 0. The Bertz CT molecular complexity index is 263. The molecule has 0 saturated heterocycles. The smallest absolute Gasteiger partial charge is 0.182 e. The van der Waals surface area contributed by atoms with Crippen LogP contribution in [0.3, 0.4) is 0 Å². The zero-order chi connectivity index (χ0) is 14.5. The molecule has 18 heavy (non-hydrogen) atoms. The second-order valence-electron chi connectivity index (χ2n) is 3.86. The fourth-order valence-corrected chi connectivity index (χ4v) is 1.20. The molecule has 0 rings (SSSR count). The van der Waals surface area contributed by atoms with Gasteiger partial charge in [0.05, 0.1) is 19.3 Å². The van der Waals surface area contributed by atoms with E-state index in [4.69, 9.17) is 21.1 Å². The molecule has 6 atom stereocenters. The third kappa shape index (κ3) is 4.23. The molecule has 0 heterocycles. The molecule has 9 heteroatoms. The third-order valence-electron chi connectivity index (χ3n) is 2.46. The fraction of sp³-hybridized carbons (Fsp3) is 0.889. The normalized spacial score (nSPS) is 21.8. The van der Waals surface area contributed by atoms with Crippen molar-refractivity contribution in [2.75, 3.05) is 13.2 Å². The molecule has 0 radical (unpaired) electrons. The van der Waals surface area contributed by atoms with Crippen molar-refractivity contribution in [3.8, 4) is 0 Å². The van der Waals surface area contributed by atoms with Crippen LogP contribution in [0.5, 0.6) is 0 Å². The molecule has 0 aliphatic carbocycles. The summed E-state index contributed by atoms with van der Waals surface area (Å²) in [4.78, 5) is 11.3. The summed E-state index contributed by atoms with van der Waals surface area (Å²) in [5.74, 6) is -1.13. The molecule has 0 aromatic carbocycles. The van der Waals surface area contributed by atoms with E-state index < -0.39 is 55.6 Å². The predicted octanol–water partition coefficient (Wildman–Crippen LogP) is -5.33. The Morgan fingerprint density at radius 3 is 1.78 bits per heavy atom. The monoisotopic (exact) mass is 269 g/mol. The lowest BCUT2D eigenvalue weighted by molar-refractivity contribution is -0.156. The summed E-state index contributed by atoms with van der Waals surface area (Å²) in [5, 5.41) is 63.5. The van der Waals surface area contributed by atoms with Crippen molar-refractivity contribution in [3.63, 3.8) is 0 Å². The highest BCUT2D eigenvalue weighted by Crippen LogP contribution is 2.10. The van der Waals surface area contributed by atoms with Gasteiger partial charge in [-0.05, 0) is 0 Å². The number of carbonyl (C=O) groups is 1.